The molecule has 3 heteroatoms. The van der Waals surface area contributed by atoms with Crippen LogP contribution in [0.1, 0.15) is 37.5 Å². The van der Waals surface area contributed by atoms with Crippen molar-refractivity contribution in [2.45, 2.75) is 26.2 Å². The maximum absolute atomic E-state index is 10.00. The number of fused-ring (bicyclic) bond motifs is 1. The Bertz CT molecular complexity index is 1040. The van der Waals surface area contributed by atoms with Gasteiger partial charge in [0.15, 0.2) is 0 Å². The molecule has 0 saturated heterocycles. The Hall–Kier alpha value is -3.14. The summed E-state index contributed by atoms with van der Waals surface area (Å²) in [7, 11) is -1.56. The molecule has 0 spiro atoms. The second kappa shape index (κ2) is 10.8. The molecule has 0 radical (unpaired) electrons. The molecule has 1 aliphatic carbocycles. The van der Waals surface area contributed by atoms with E-state index in [0.29, 0.717) is 5.46 Å². The van der Waals surface area contributed by atoms with E-state index in [0.717, 1.165) is 33.4 Å². The van der Waals surface area contributed by atoms with Gasteiger partial charge in [0.25, 0.3) is 0 Å². The molecule has 3 rings (SSSR count). The highest BCUT2D eigenvalue weighted by atomic mass is 16.4. The number of rotatable bonds is 5. The summed E-state index contributed by atoms with van der Waals surface area (Å²) in [6.07, 6.45) is 11.7. The Morgan fingerprint density at radius 2 is 1.61 bits per heavy atom. The van der Waals surface area contributed by atoms with Crippen molar-refractivity contribution in [2.75, 3.05) is 0 Å². The Balaban J connectivity index is 0.00000107. The zero-order valence-electron chi connectivity index (χ0n) is 18.7. The van der Waals surface area contributed by atoms with Crippen LogP contribution in [0.2, 0.25) is 0 Å². The Labute approximate surface area is 187 Å². The molecule has 1 unspecified atom stereocenters. The van der Waals surface area contributed by atoms with Gasteiger partial charge in [-0.15, -0.1) is 6.58 Å². The zero-order chi connectivity index (χ0) is 23.0. The zero-order valence-corrected chi connectivity index (χ0v) is 18.7. The van der Waals surface area contributed by atoms with E-state index in [2.05, 4.69) is 56.2 Å². The SMILES string of the molecule is C=C/C=C\C(=C/C)C1(c2ccccc2)/C(=C/C)C(=C)c2c(B(O)O)cccc21.C=CC. The normalized spacial score (nSPS) is 19.1. The first-order chi connectivity index (χ1) is 14.9. The van der Waals surface area contributed by atoms with Crippen molar-refractivity contribution < 1.29 is 10.0 Å². The van der Waals surface area contributed by atoms with Gasteiger partial charge in [0.1, 0.15) is 0 Å². The summed E-state index contributed by atoms with van der Waals surface area (Å²) >= 11 is 0. The number of benzene rings is 2. The lowest BCUT2D eigenvalue weighted by molar-refractivity contribution is 0.425. The minimum atomic E-state index is -1.56. The van der Waals surface area contributed by atoms with Crippen molar-refractivity contribution in [1.82, 2.24) is 0 Å². The topological polar surface area (TPSA) is 40.5 Å². The standard InChI is InChI=1S/C25H25BO2.C3H6/c1-5-8-13-19(6-2)25(20-14-10-9-11-15-20)21(7-3)18(4)24-22(25)16-12-17-23(24)26(27)28;1-3-2/h5-17,27-28H,1,4H2,2-3H3;3H,1H2,2H3/b13-8-,19-6+,21-7+;. The summed E-state index contributed by atoms with van der Waals surface area (Å²) in [4.78, 5) is 0. The summed E-state index contributed by atoms with van der Waals surface area (Å²) in [6, 6.07) is 16.0. The molecule has 31 heavy (non-hydrogen) atoms. The summed E-state index contributed by atoms with van der Waals surface area (Å²) < 4.78 is 0. The lowest BCUT2D eigenvalue weighted by atomic mass is 9.66. The van der Waals surface area contributed by atoms with Crippen LogP contribution in [0.5, 0.6) is 0 Å². The van der Waals surface area contributed by atoms with Crippen LogP contribution in [0.25, 0.3) is 5.57 Å². The quantitative estimate of drug-likeness (QED) is 0.388. The second-order valence-corrected chi connectivity index (χ2v) is 7.19. The molecule has 2 aromatic rings. The van der Waals surface area contributed by atoms with Gasteiger partial charge in [-0.1, -0.05) is 98.1 Å². The van der Waals surface area contributed by atoms with Crippen molar-refractivity contribution >= 4 is 18.2 Å². The summed E-state index contributed by atoms with van der Waals surface area (Å²) in [6.45, 7) is 17.4. The smallest absolute Gasteiger partial charge is 0.423 e. The van der Waals surface area contributed by atoms with Crippen molar-refractivity contribution in [3.63, 3.8) is 0 Å². The van der Waals surface area contributed by atoms with E-state index >= 15 is 0 Å². The summed E-state index contributed by atoms with van der Waals surface area (Å²) in [5.41, 5.74) is 5.75. The first kappa shape index (κ1) is 24.1. The molecule has 2 aromatic carbocycles. The van der Waals surface area contributed by atoms with Crippen LogP contribution in [-0.2, 0) is 5.41 Å². The number of hydrogen-bond acceptors (Lipinski definition) is 2. The molecule has 0 aliphatic heterocycles. The van der Waals surface area contributed by atoms with Crippen molar-refractivity contribution in [1.29, 1.82) is 0 Å². The Morgan fingerprint density at radius 1 is 0.968 bits per heavy atom. The molecule has 0 amide bonds. The Morgan fingerprint density at radius 3 is 2.13 bits per heavy atom. The lowest BCUT2D eigenvalue weighted by Gasteiger charge is -2.35. The highest BCUT2D eigenvalue weighted by molar-refractivity contribution is 6.60. The minimum absolute atomic E-state index is 0.475. The summed E-state index contributed by atoms with van der Waals surface area (Å²) in [5, 5.41) is 20.0. The predicted octanol–water partition coefficient (Wildman–Crippen LogP) is 5.51. The average Bonchev–Trinajstić information content (AvgIpc) is 3.04. The van der Waals surface area contributed by atoms with Gasteiger partial charge in [-0.3, -0.25) is 0 Å². The largest absolute Gasteiger partial charge is 0.489 e. The van der Waals surface area contributed by atoms with Gasteiger partial charge in [0.2, 0.25) is 0 Å². The molecule has 2 nitrogen and oxygen atoms in total. The van der Waals surface area contributed by atoms with Gasteiger partial charge in [-0.2, -0.15) is 0 Å². The molecule has 158 valence electrons. The number of allylic oxidation sites excluding steroid dienone is 9. The van der Waals surface area contributed by atoms with Crippen LogP contribution in [-0.4, -0.2) is 17.2 Å². The van der Waals surface area contributed by atoms with Gasteiger partial charge in [-0.25, -0.2) is 0 Å². The van der Waals surface area contributed by atoms with E-state index in [4.69, 9.17) is 0 Å². The third-order valence-corrected chi connectivity index (χ3v) is 5.46. The van der Waals surface area contributed by atoms with E-state index in [1.165, 1.54) is 0 Å². The highest BCUT2D eigenvalue weighted by Gasteiger charge is 2.49. The van der Waals surface area contributed by atoms with Crippen molar-refractivity contribution in [3.05, 3.63) is 133 Å². The first-order valence-electron chi connectivity index (χ1n) is 10.4. The molecule has 0 bridgehead atoms. The maximum atomic E-state index is 10.00. The summed E-state index contributed by atoms with van der Waals surface area (Å²) in [5.74, 6) is 0. The third kappa shape index (κ3) is 4.20. The molecule has 1 atom stereocenters. The fourth-order valence-corrected chi connectivity index (χ4v) is 4.42. The maximum Gasteiger partial charge on any atom is 0.489 e. The average molecular weight is 410 g/mol. The lowest BCUT2D eigenvalue weighted by Crippen LogP contribution is -2.34. The highest BCUT2D eigenvalue weighted by Crippen LogP contribution is 2.56. The van der Waals surface area contributed by atoms with Crippen molar-refractivity contribution in [3.8, 4) is 0 Å². The van der Waals surface area contributed by atoms with Gasteiger partial charge in [-0.05, 0) is 59.6 Å². The van der Waals surface area contributed by atoms with E-state index in [1.54, 1.807) is 18.2 Å². The van der Waals surface area contributed by atoms with Gasteiger partial charge in [0, 0.05) is 0 Å². The minimum Gasteiger partial charge on any atom is -0.423 e. The molecule has 0 fully saturated rings. The van der Waals surface area contributed by atoms with E-state index in [9.17, 15) is 10.0 Å². The van der Waals surface area contributed by atoms with E-state index in [1.807, 2.05) is 51.1 Å². The molecular weight excluding hydrogens is 379 g/mol. The molecule has 0 saturated carbocycles. The van der Waals surface area contributed by atoms with E-state index < -0.39 is 12.5 Å². The van der Waals surface area contributed by atoms with Gasteiger partial charge < -0.3 is 10.0 Å². The molecule has 1 aliphatic rings. The van der Waals surface area contributed by atoms with Gasteiger partial charge in [0.05, 0.1) is 5.41 Å². The number of hydrogen-bond donors (Lipinski definition) is 2. The molecule has 0 aromatic heterocycles. The predicted molar refractivity (Wildman–Crippen MR) is 135 cm³/mol. The fraction of sp³-hybridized carbons (Fsp3) is 0.143. The van der Waals surface area contributed by atoms with Crippen LogP contribution in [0.15, 0.2) is 116 Å². The first-order valence-corrected chi connectivity index (χ1v) is 10.4. The Kier molecular flexibility index (Phi) is 8.38. The van der Waals surface area contributed by atoms with Crippen LogP contribution < -0.4 is 5.46 Å². The second-order valence-electron chi connectivity index (χ2n) is 7.19. The van der Waals surface area contributed by atoms with Crippen LogP contribution in [0.3, 0.4) is 0 Å². The molecular formula is C28H31BO2. The van der Waals surface area contributed by atoms with Crippen LogP contribution in [0, 0.1) is 0 Å². The molecule has 0 heterocycles. The monoisotopic (exact) mass is 410 g/mol. The van der Waals surface area contributed by atoms with Gasteiger partial charge >= 0.3 is 7.12 Å². The van der Waals surface area contributed by atoms with Crippen LogP contribution in [0.4, 0.5) is 0 Å². The van der Waals surface area contributed by atoms with E-state index in [-0.39, 0.29) is 0 Å². The molecule has 2 N–H and O–H groups in total. The third-order valence-electron chi connectivity index (χ3n) is 5.46. The van der Waals surface area contributed by atoms with Crippen molar-refractivity contribution in [2.24, 2.45) is 0 Å². The van der Waals surface area contributed by atoms with Crippen LogP contribution >= 0.6 is 0 Å². The fourth-order valence-electron chi connectivity index (χ4n) is 4.42.